The van der Waals surface area contributed by atoms with Crippen LogP contribution in [0.1, 0.15) is 19.3 Å². The van der Waals surface area contributed by atoms with Gasteiger partial charge in [-0.25, -0.2) is 0 Å². The van der Waals surface area contributed by atoms with Gasteiger partial charge in [-0.05, 0) is 36.8 Å². The molecule has 0 radical (unpaired) electrons. The van der Waals surface area contributed by atoms with Gasteiger partial charge in [-0.15, -0.1) is 0 Å². The maximum Gasteiger partial charge on any atom is 0.307 e. The number of rotatable bonds is 5. The van der Waals surface area contributed by atoms with E-state index in [1.165, 1.54) is 7.11 Å². The van der Waals surface area contributed by atoms with Gasteiger partial charge in [-0.1, -0.05) is 12.2 Å². The topological polar surface area (TPSA) is 95.9 Å². The van der Waals surface area contributed by atoms with Crippen molar-refractivity contribution in [3.05, 3.63) is 30.4 Å². The first-order valence-corrected chi connectivity index (χ1v) is 9.20. The van der Waals surface area contributed by atoms with Gasteiger partial charge in [-0.2, -0.15) is 0 Å². The average Bonchev–Trinajstić information content (AvgIpc) is 3.37. The van der Waals surface area contributed by atoms with Crippen LogP contribution in [0.15, 0.2) is 30.4 Å². The van der Waals surface area contributed by atoms with E-state index in [0.717, 1.165) is 6.42 Å². The Kier molecular flexibility index (Phi) is 4.37. The van der Waals surface area contributed by atoms with Crippen LogP contribution >= 0.6 is 0 Å². The molecule has 27 heavy (non-hydrogen) atoms. The van der Waals surface area contributed by atoms with Crippen LogP contribution in [-0.2, 0) is 14.4 Å². The lowest BCUT2D eigenvalue weighted by atomic mass is 9.82. The summed E-state index contributed by atoms with van der Waals surface area (Å²) >= 11 is 0. The molecule has 2 aliphatic carbocycles. The third kappa shape index (κ3) is 2.97. The van der Waals surface area contributed by atoms with Crippen molar-refractivity contribution >= 4 is 29.2 Å². The molecule has 1 aromatic rings. The van der Waals surface area contributed by atoms with Crippen LogP contribution in [0.3, 0.4) is 0 Å². The van der Waals surface area contributed by atoms with Crippen LogP contribution < -0.4 is 15.0 Å². The number of anilines is 2. The maximum absolute atomic E-state index is 12.8. The molecule has 1 heterocycles. The number of amides is 2. The van der Waals surface area contributed by atoms with Crippen LogP contribution in [0.25, 0.3) is 0 Å². The Labute approximate surface area is 157 Å². The summed E-state index contributed by atoms with van der Waals surface area (Å²) in [6.45, 7) is 0.651. The van der Waals surface area contributed by atoms with Gasteiger partial charge in [0.1, 0.15) is 5.75 Å². The summed E-state index contributed by atoms with van der Waals surface area (Å²) in [5.41, 5.74) is 1.22. The number of allylic oxidation sites excluding steroid dienone is 2. The number of ether oxygens (including phenoxy) is 1. The number of carboxylic acid groups (broad SMARTS) is 1. The van der Waals surface area contributed by atoms with Gasteiger partial charge in [-0.3, -0.25) is 14.4 Å². The number of benzene rings is 1. The summed E-state index contributed by atoms with van der Waals surface area (Å²) in [6, 6.07) is 5.16. The molecule has 2 bridgehead atoms. The Morgan fingerprint density at radius 1 is 1.22 bits per heavy atom. The quantitative estimate of drug-likeness (QED) is 0.775. The molecule has 2 fully saturated rings. The Morgan fingerprint density at radius 2 is 1.96 bits per heavy atom. The minimum atomic E-state index is -0.924. The molecule has 1 saturated heterocycles. The van der Waals surface area contributed by atoms with Gasteiger partial charge < -0.3 is 20.1 Å². The molecule has 1 aliphatic heterocycles. The average molecular weight is 370 g/mol. The Balaban J connectivity index is 1.54. The van der Waals surface area contributed by atoms with Crippen LogP contribution in [0.2, 0.25) is 0 Å². The van der Waals surface area contributed by atoms with Crippen molar-refractivity contribution in [3.63, 3.8) is 0 Å². The number of fused-ring (bicyclic) bond motifs is 2. The minimum absolute atomic E-state index is 0.0282. The zero-order valence-corrected chi connectivity index (χ0v) is 15.1. The van der Waals surface area contributed by atoms with Crippen LogP contribution in [0.5, 0.6) is 5.75 Å². The highest BCUT2D eigenvalue weighted by Crippen LogP contribution is 2.48. The van der Waals surface area contributed by atoms with Crippen LogP contribution in [-0.4, -0.2) is 36.5 Å². The molecule has 1 saturated carbocycles. The fraction of sp³-hybridized carbons (Fsp3) is 0.450. The van der Waals surface area contributed by atoms with E-state index >= 15 is 0 Å². The molecule has 2 amide bonds. The zero-order chi connectivity index (χ0) is 19.1. The lowest BCUT2D eigenvalue weighted by Crippen LogP contribution is -2.36. The molecule has 2 N–H and O–H groups in total. The normalized spacial score (nSPS) is 28.6. The first-order chi connectivity index (χ1) is 13.0. The first-order valence-electron chi connectivity index (χ1n) is 9.20. The van der Waals surface area contributed by atoms with E-state index in [2.05, 4.69) is 5.32 Å². The summed E-state index contributed by atoms with van der Waals surface area (Å²) < 4.78 is 5.41. The van der Waals surface area contributed by atoms with Crippen molar-refractivity contribution in [1.82, 2.24) is 0 Å². The molecule has 3 aliphatic rings. The molecule has 142 valence electrons. The van der Waals surface area contributed by atoms with Crippen molar-refractivity contribution in [2.45, 2.75) is 19.3 Å². The molecular formula is C20H22N2O5. The number of nitrogens with zero attached hydrogens (tertiary/aromatic N) is 1. The standard InChI is InChI=1S/C20H22N2O5/c1-27-15-10-13(6-7-14(15)22-8-2-3-16(22)23)21-19(24)17-11-4-5-12(9-11)18(17)20(25)26/h4-7,10-12,17-18H,2-3,8-9H2,1H3,(H,21,24)(H,25,26). The molecular weight excluding hydrogens is 348 g/mol. The Morgan fingerprint density at radius 3 is 2.59 bits per heavy atom. The first kappa shape index (κ1) is 17.6. The van der Waals surface area contributed by atoms with E-state index < -0.39 is 17.8 Å². The summed E-state index contributed by atoms with van der Waals surface area (Å²) in [4.78, 5) is 38.1. The van der Waals surface area contributed by atoms with E-state index in [1.54, 1.807) is 23.1 Å². The smallest absolute Gasteiger partial charge is 0.307 e. The number of hydrogen-bond acceptors (Lipinski definition) is 4. The molecule has 0 aromatic heterocycles. The number of carbonyl (C=O) groups excluding carboxylic acids is 2. The van der Waals surface area contributed by atoms with E-state index in [4.69, 9.17) is 4.74 Å². The largest absolute Gasteiger partial charge is 0.494 e. The van der Waals surface area contributed by atoms with Crippen molar-refractivity contribution in [1.29, 1.82) is 0 Å². The van der Waals surface area contributed by atoms with E-state index in [-0.39, 0.29) is 23.7 Å². The number of hydrogen-bond donors (Lipinski definition) is 2. The number of carbonyl (C=O) groups is 3. The number of methoxy groups -OCH3 is 1. The monoisotopic (exact) mass is 370 g/mol. The maximum atomic E-state index is 12.8. The molecule has 4 rings (SSSR count). The van der Waals surface area contributed by atoms with Crippen molar-refractivity contribution < 1.29 is 24.2 Å². The van der Waals surface area contributed by atoms with Gasteiger partial charge >= 0.3 is 5.97 Å². The van der Waals surface area contributed by atoms with Gasteiger partial charge in [0.25, 0.3) is 0 Å². The van der Waals surface area contributed by atoms with E-state index in [1.807, 2.05) is 12.2 Å². The molecule has 0 spiro atoms. The van der Waals surface area contributed by atoms with Gasteiger partial charge in [0.15, 0.2) is 0 Å². The molecule has 7 nitrogen and oxygen atoms in total. The van der Waals surface area contributed by atoms with E-state index in [9.17, 15) is 19.5 Å². The number of carboxylic acids is 1. The summed E-state index contributed by atoms with van der Waals surface area (Å²) in [5.74, 6) is -1.99. The number of nitrogens with one attached hydrogen (secondary N) is 1. The Bertz CT molecular complexity index is 834. The highest BCUT2D eigenvalue weighted by atomic mass is 16.5. The van der Waals surface area contributed by atoms with Gasteiger partial charge in [0, 0.05) is 24.7 Å². The lowest BCUT2D eigenvalue weighted by Gasteiger charge is -2.24. The van der Waals surface area contributed by atoms with Crippen molar-refractivity contribution in [2.75, 3.05) is 23.9 Å². The highest BCUT2D eigenvalue weighted by Gasteiger charge is 2.51. The zero-order valence-electron chi connectivity index (χ0n) is 15.1. The van der Waals surface area contributed by atoms with E-state index in [0.29, 0.717) is 36.5 Å². The third-order valence-corrected chi connectivity index (χ3v) is 5.86. The van der Waals surface area contributed by atoms with Gasteiger partial charge in [0.2, 0.25) is 11.8 Å². The molecule has 4 unspecified atom stereocenters. The van der Waals surface area contributed by atoms with Crippen molar-refractivity contribution in [2.24, 2.45) is 23.7 Å². The molecule has 7 heteroatoms. The molecule has 1 aromatic carbocycles. The lowest BCUT2D eigenvalue weighted by molar-refractivity contribution is -0.146. The SMILES string of the molecule is COc1cc(NC(=O)C2C3C=CC(C3)C2C(=O)O)ccc1N1CCCC1=O. The van der Waals surface area contributed by atoms with Crippen LogP contribution in [0, 0.1) is 23.7 Å². The number of aliphatic carboxylic acids is 1. The van der Waals surface area contributed by atoms with Crippen molar-refractivity contribution in [3.8, 4) is 5.75 Å². The summed E-state index contributed by atoms with van der Waals surface area (Å²) in [5, 5.41) is 12.4. The minimum Gasteiger partial charge on any atom is -0.494 e. The second kappa shape index (κ2) is 6.72. The fourth-order valence-corrected chi connectivity index (χ4v) is 4.62. The predicted molar refractivity (Wildman–Crippen MR) is 98.6 cm³/mol. The Hall–Kier alpha value is -2.83. The van der Waals surface area contributed by atoms with Crippen LogP contribution in [0.4, 0.5) is 11.4 Å². The fourth-order valence-electron chi connectivity index (χ4n) is 4.62. The second-order valence-electron chi connectivity index (χ2n) is 7.36. The van der Waals surface area contributed by atoms with Gasteiger partial charge in [0.05, 0.1) is 24.6 Å². The molecule has 4 atom stereocenters. The second-order valence-corrected chi connectivity index (χ2v) is 7.36. The summed E-state index contributed by atoms with van der Waals surface area (Å²) in [7, 11) is 1.52. The third-order valence-electron chi connectivity index (χ3n) is 5.86. The predicted octanol–water partition coefficient (Wildman–Crippen LogP) is 2.28. The highest BCUT2D eigenvalue weighted by molar-refractivity contribution is 5.99. The summed E-state index contributed by atoms with van der Waals surface area (Å²) in [6.07, 6.45) is 5.92.